The summed E-state index contributed by atoms with van der Waals surface area (Å²) in [7, 11) is 0. The molecule has 1 saturated heterocycles. The van der Waals surface area contributed by atoms with Crippen LogP contribution in [-0.4, -0.2) is 63.5 Å². The minimum Gasteiger partial charge on any atom is -0.393 e. The van der Waals surface area contributed by atoms with Gasteiger partial charge in [0, 0.05) is 49.2 Å². The first-order chi connectivity index (χ1) is 16.6. The number of unbranched alkanes of at least 4 members (excludes halogenated alkanes) is 1. The highest BCUT2D eigenvalue weighted by Gasteiger charge is 2.25. The highest BCUT2D eigenvalue weighted by Crippen LogP contribution is 2.32. The normalized spacial score (nSPS) is 21.8. The fraction of sp³-hybridized carbons (Fsp3) is 0.577. The van der Waals surface area contributed by atoms with Crippen molar-refractivity contribution in [2.45, 2.75) is 64.1 Å². The average molecular weight is 466 g/mol. The number of ether oxygens (including phenoxy) is 1. The smallest absolute Gasteiger partial charge is 0.260 e. The Morgan fingerprint density at radius 1 is 1.12 bits per heavy atom. The van der Waals surface area contributed by atoms with Crippen LogP contribution in [0.15, 0.2) is 29.2 Å². The lowest BCUT2D eigenvalue weighted by molar-refractivity contribution is 0.0342. The summed E-state index contributed by atoms with van der Waals surface area (Å²) in [4.78, 5) is 25.7. The van der Waals surface area contributed by atoms with E-state index in [1.165, 1.54) is 0 Å². The quantitative estimate of drug-likeness (QED) is 0.408. The minimum atomic E-state index is -0.278. The fourth-order valence-electron chi connectivity index (χ4n) is 5.21. The van der Waals surface area contributed by atoms with Crippen LogP contribution in [0, 0.1) is 0 Å². The van der Waals surface area contributed by atoms with Gasteiger partial charge in [-0.15, -0.1) is 0 Å². The SMILES string of the molecule is CCCCNc1ncc2c3ccc(CN4CCOCC4)cc3c(=O)n([C@H]3CC[C@@H](O)CC3)c2n1. The van der Waals surface area contributed by atoms with Crippen molar-refractivity contribution in [3.05, 3.63) is 40.3 Å². The van der Waals surface area contributed by atoms with Crippen LogP contribution < -0.4 is 10.9 Å². The van der Waals surface area contributed by atoms with Gasteiger partial charge >= 0.3 is 0 Å². The van der Waals surface area contributed by atoms with E-state index in [-0.39, 0.29) is 17.7 Å². The minimum absolute atomic E-state index is 0.00549. The number of nitrogens with zero attached hydrogens (tertiary/aromatic N) is 4. The molecule has 1 aliphatic carbocycles. The van der Waals surface area contributed by atoms with Crippen LogP contribution in [0.25, 0.3) is 21.8 Å². The van der Waals surface area contributed by atoms with E-state index in [2.05, 4.69) is 34.3 Å². The Morgan fingerprint density at radius 2 is 1.91 bits per heavy atom. The molecule has 34 heavy (non-hydrogen) atoms. The topological polar surface area (TPSA) is 92.5 Å². The number of anilines is 1. The van der Waals surface area contributed by atoms with Crippen molar-refractivity contribution in [1.29, 1.82) is 0 Å². The van der Waals surface area contributed by atoms with Crippen molar-refractivity contribution in [2.75, 3.05) is 38.2 Å². The summed E-state index contributed by atoms with van der Waals surface area (Å²) in [5, 5.41) is 15.9. The lowest BCUT2D eigenvalue weighted by atomic mass is 9.92. The zero-order chi connectivity index (χ0) is 23.5. The number of morpholine rings is 1. The number of aliphatic hydroxyl groups excluding tert-OH is 1. The van der Waals surface area contributed by atoms with E-state index in [0.29, 0.717) is 24.4 Å². The molecular weight excluding hydrogens is 430 g/mol. The second-order valence-electron chi connectivity index (χ2n) is 9.62. The first-order valence-corrected chi connectivity index (χ1v) is 12.7. The Morgan fingerprint density at radius 3 is 2.68 bits per heavy atom. The Hall–Kier alpha value is -2.55. The van der Waals surface area contributed by atoms with Gasteiger partial charge < -0.3 is 15.2 Å². The summed E-state index contributed by atoms with van der Waals surface area (Å²) in [6, 6.07) is 6.25. The van der Waals surface area contributed by atoms with Crippen molar-refractivity contribution in [1.82, 2.24) is 19.4 Å². The highest BCUT2D eigenvalue weighted by atomic mass is 16.5. The summed E-state index contributed by atoms with van der Waals surface area (Å²) in [5.74, 6) is 0.563. The summed E-state index contributed by atoms with van der Waals surface area (Å²) in [6.45, 7) is 7.09. The number of rotatable bonds is 7. The van der Waals surface area contributed by atoms with Crippen LogP contribution in [0.4, 0.5) is 5.95 Å². The monoisotopic (exact) mass is 465 g/mol. The van der Waals surface area contributed by atoms with Gasteiger partial charge in [0.2, 0.25) is 5.95 Å². The van der Waals surface area contributed by atoms with E-state index in [0.717, 1.165) is 86.8 Å². The first-order valence-electron chi connectivity index (χ1n) is 12.7. The van der Waals surface area contributed by atoms with E-state index in [9.17, 15) is 9.90 Å². The van der Waals surface area contributed by atoms with Crippen LogP contribution in [0.1, 0.15) is 57.1 Å². The van der Waals surface area contributed by atoms with E-state index < -0.39 is 0 Å². The van der Waals surface area contributed by atoms with Crippen molar-refractivity contribution < 1.29 is 9.84 Å². The molecule has 1 saturated carbocycles. The predicted octanol–water partition coefficient (Wildman–Crippen LogP) is 3.46. The van der Waals surface area contributed by atoms with Crippen LogP contribution in [-0.2, 0) is 11.3 Å². The van der Waals surface area contributed by atoms with E-state index in [4.69, 9.17) is 9.72 Å². The molecule has 3 heterocycles. The van der Waals surface area contributed by atoms with Gasteiger partial charge in [-0.3, -0.25) is 14.3 Å². The lowest BCUT2D eigenvalue weighted by Crippen LogP contribution is -2.35. The molecule has 0 unspecified atom stereocenters. The third-order valence-corrected chi connectivity index (χ3v) is 7.17. The molecule has 0 atom stereocenters. The van der Waals surface area contributed by atoms with Crippen LogP contribution in [0.5, 0.6) is 0 Å². The Labute approximate surface area is 200 Å². The van der Waals surface area contributed by atoms with Gasteiger partial charge in [-0.05, 0) is 49.1 Å². The van der Waals surface area contributed by atoms with Gasteiger partial charge in [0.1, 0.15) is 5.65 Å². The second-order valence-corrected chi connectivity index (χ2v) is 9.62. The van der Waals surface area contributed by atoms with E-state index in [1.54, 1.807) is 0 Å². The zero-order valence-corrected chi connectivity index (χ0v) is 20.0. The van der Waals surface area contributed by atoms with Gasteiger partial charge in [0.05, 0.1) is 19.3 Å². The number of aromatic nitrogens is 3. The van der Waals surface area contributed by atoms with Crippen LogP contribution in [0.2, 0.25) is 0 Å². The molecular formula is C26H35N5O3. The molecule has 1 aliphatic heterocycles. The molecule has 182 valence electrons. The third kappa shape index (κ3) is 4.80. The van der Waals surface area contributed by atoms with Gasteiger partial charge in [0.15, 0.2) is 0 Å². The molecule has 2 aliphatic rings. The molecule has 0 spiro atoms. The molecule has 0 radical (unpaired) electrons. The molecule has 2 aromatic heterocycles. The fourth-order valence-corrected chi connectivity index (χ4v) is 5.21. The molecule has 2 fully saturated rings. The summed E-state index contributed by atoms with van der Waals surface area (Å²) in [6.07, 6.45) is 6.68. The van der Waals surface area contributed by atoms with E-state index in [1.807, 2.05) is 16.8 Å². The van der Waals surface area contributed by atoms with E-state index >= 15 is 0 Å². The molecule has 5 rings (SSSR count). The molecule has 2 N–H and O–H groups in total. The van der Waals surface area contributed by atoms with Crippen molar-refractivity contribution in [3.63, 3.8) is 0 Å². The highest BCUT2D eigenvalue weighted by molar-refractivity contribution is 6.04. The number of hydrogen-bond donors (Lipinski definition) is 2. The zero-order valence-electron chi connectivity index (χ0n) is 20.0. The largest absolute Gasteiger partial charge is 0.393 e. The molecule has 0 bridgehead atoms. The molecule has 8 heteroatoms. The maximum Gasteiger partial charge on any atom is 0.260 e. The Bertz CT molecular complexity index is 1200. The molecule has 1 aromatic carbocycles. The predicted molar refractivity (Wildman–Crippen MR) is 134 cm³/mol. The molecule has 0 amide bonds. The average Bonchev–Trinajstić information content (AvgIpc) is 2.86. The molecule has 8 nitrogen and oxygen atoms in total. The number of nitrogens with one attached hydrogen (secondary N) is 1. The third-order valence-electron chi connectivity index (χ3n) is 7.17. The number of benzene rings is 1. The summed E-state index contributed by atoms with van der Waals surface area (Å²) in [5.41, 5.74) is 1.83. The number of fused-ring (bicyclic) bond motifs is 3. The lowest BCUT2D eigenvalue weighted by Gasteiger charge is -2.28. The van der Waals surface area contributed by atoms with Crippen molar-refractivity contribution in [3.8, 4) is 0 Å². The summed E-state index contributed by atoms with van der Waals surface area (Å²) < 4.78 is 7.36. The Balaban J connectivity index is 1.60. The summed E-state index contributed by atoms with van der Waals surface area (Å²) >= 11 is 0. The second kappa shape index (κ2) is 10.4. The van der Waals surface area contributed by atoms with Crippen LogP contribution >= 0.6 is 0 Å². The van der Waals surface area contributed by atoms with Gasteiger partial charge in [-0.25, -0.2) is 4.98 Å². The molecule has 3 aromatic rings. The van der Waals surface area contributed by atoms with Crippen molar-refractivity contribution >= 4 is 27.8 Å². The number of aliphatic hydroxyl groups is 1. The maximum absolute atomic E-state index is 13.9. The van der Waals surface area contributed by atoms with Crippen molar-refractivity contribution in [2.24, 2.45) is 0 Å². The van der Waals surface area contributed by atoms with Gasteiger partial charge in [0.25, 0.3) is 5.56 Å². The Kier molecular flexibility index (Phi) is 7.08. The standard InChI is InChI=1S/C26H35N5O3/c1-2-3-10-27-26-28-16-23-21-9-4-18(17-30-11-13-34-14-12-30)15-22(21)25(33)31(24(23)29-26)19-5-7-20(32)8-6-19/h4,9,15-16,19-20,32H,2-3,5-8,10-14,17H2,1H3,(H,27,28,29)/t19-,20+. The maximum atomic E-state index is 13.9. The van der Waals surface area contributed by atoms with Gasteiger partial charge in [-0.1, -0.05) is 25.5 Å². The number of pyridine rings is 1. The van der Waals surface area contributed by atoms with Crippen LogP contribution in [0.3, 0.4) is 0 Å². The first kappa shape index (κ1) is 23.2. The number of hydrogen-bond acceptors (Lipinski definition) is 7. The van der Waals surface area contributed by atoms with Gasteiger partial charge in [-0.2, -0.15) is 4.98 Å².